The zero-order chi connectivity index (χ0) is 10.7. The molecule has 0 aliphatic carbocycles. The topological polar surface area (TPSA) is 35.2 Å². The van der Waals surface area contributed by atoms with E-state index in [1.807, 2.05) is 32.9 Å². The summed E-state index contributed by atoms with van der Waals surface area (Å²) in [5, 5.41) is 0. The molecule has 0 saturated heterocycles. The Hall–Kier alpha value is -0.540. The number of hydrogen-bond donors (Lipinski definition) is 1. The molecule has 1 atom stereocenters. The maximum atomic E-state index is 5.86. The lowest BCUT2D eigenvalue weighted by Crippen LogP contribution is -2.08. The molecule has 0 bridgehead atoms. The van der Waals surface area contributed by atoms with Crippen LogP contribution < -0.4 is 10.5 Å². The maximum Gasteiger partial charge on any atom is 0.136 e. The molecule has 1 rings (SSSR count). The number of benzene rings is 1. The number of halogens is 1. The first kappa shape index (κ1) is 11.5. The predicted octanol–water partition coefficient (Wildman–Crippen LogP) is 3.18. The van der Waals surface area contributed by atoms with Gasteiger partial charge in [-0.1, -0.05) is 6.07 Å². The summed E-state index contributed by atoms with van der Waals surface area (Å²) in [6.07, 6.45) is 0. The average Bonchev–Trinajstić information content (AvgIpc) is 2.11. The third kappa shape index (κ3) is 2.28. The lowest BCUT2D eigenvalue weighted by Gasteiger charge is -2.15. The molecule has 0 aliphatic heterocycles. The molecule has 2 nitrogen and oxygen atoms in total. The van der Waals surface area contributed by atoms with E-state index in [1.54, 1.807) is 0 Å². The molecule has 0 saturated carbocycles. The molecule has 0 aromatic heterocycles. The van der Waals surface area contributed by atoms with Gasteiger partial charge in [0.05, 0.1) is 11.1 Å². The van der Waals surface area contributed by atoms with E-state index in [9.17, 15) is 0 Å². The van der Waals surface area contributed by atoms with Gasteiger partial charge in [-0.2, -0.15) is 0 Å². The Morgan fingerprint density at radius 2 is 2.14 bits per heavy atom. The normalized spacial score (nSPS) is 12.6. The van der Waals surface area contributed by atoms with E-state index in [1.165, 1.54) is 0 Å². The van der Waals surface area contributed by atoms with Gasteiger partial charge in [-0.15, -0.1) is 0 Å². The molecule has 78 valence electrons. The van der Waals surface area contributed by atoms with Crippen LogP contribution in [0.4, 0.5) is 0 Å². The highest BCUT2D eigenvalue weighted by molar-refractivity contribution is 9.10. The van der Waals surface area contributed by atoms with Gasteiger partial charge in [0.1, 0.15) is 5.75 Å². The summed E-state index contributed by atoms with van der Waals surface area (Å²) in [4.78, 5) is 0. The number of rotatable bonds is 3. The number of nitrogens with two attached hydrogens (primary N) is 1. The van der Waals surface area contributed by atoms with Crippen molar-refractivity contribution in [2.45, 2.75) is 26.8 Å². The third-order valence-electron chi connectivity index (χ3n) is 2.18. The van der Waals surface area contributed by atoms with Crippen molar-refractivity contribution in [1.82, 2.24) is 0 Å². The average molecular weight is 258 g/mol. The highest BCUT2D eigenvalue weighted by Gasteiger charge is 2.11. The first-order chi connectivity index (χ1) is 6.57. The Kier molecular flexibility index (Phi) is 3.96. The fraction of sp³-hybridized carbons (Fsp3) is 0.455. The molecule has 1 aromatic rings. The van der Waals surface area contributed by atoms with Crippen LogP contribution in [0.2, 0.25) is 0 Å². The van der Waals surface area contributed by atoms with Crippen LogP contribution in [0.25, 0.3) is 0 Å². The van der Waals surface area contributed by atoms with E-state index in [0.29, 0.717) is 6.61 Å². The van der Waals surface area contributed by atoms with Gasteiger partial charge in [0.2, 0.25) is 0 Å². The number of hydrogen-bond acceptors (Lipinski definition) is 2. The summed E-state index contributed by atoms with van der Waals surface area (Å²) in [5.74, 6) is 0.905. The first-order valence-corrected chi connectivity index (χ1v) is 5.54. The Labute approximate surface area is 93.6 Å². The van der Waals surface area contributed by atoms with Gasteiger partial charge >= 0.3 is 0 Å². The molecular weight excluding hydrogens is 242 g/mol. The van der Waals surface area contributed by atoms with E-state index in [-0.39, 0.29) is 6.04 Å². The molecule has 14 heavy (non-hydrogen) atoms. The number of ether oxygens (including phenoxy) is 1. The van der Waals surface area contributed by atoms with Crippen molar-refractivity contribution in [3.05, 3.63) is 27.7 Å². The molecule has 1 aromatic carbocycles. The van der Waals surface area contributed by atoms with Crippen molar-refractivity contribution >= 4 is 15.9 Å². The van der Waals surface area contributed by atoms with Crippen LogP contribution in [0.15, 0.2) is 16.6 Å². The van der Waals surface area contributed by atoms with Gasteiger partial charge in [-0.25, -0.2) is 0 Å². The summed E-state index contributed by atoms with van der Waals surface area (Å²) in [5.41, 5.74) is 8.12. The molecular formula is C11H16BrNO. The van der Waals surface area contributed by atoms with Gasteiger partial charge in [0, 0.05) is 6.04 Å². The minimum Gasteiger partial charge on any atom is -0.492 e. The van der Waals surface area contributed by atoms with Crippen LogP contribution in [0.1, 0.15) is 31.0 Å². The van der Waals surface area contributed by atoms with Crippen LogP contribution in [-0.4, -0.2) is 6.61 Å². The second kappa shape index (κ2) is 4.80. The summed E-state index contributed by atoms with van der Waals surface area (Å²) >= 11 is 3.47. The quantitative estimate of drug-likeness (QED) is 0.903. The monoisotopic (exact) mass is 257 g/mol. The zero-order valence-corrected chi connectivity index (χ0v) is 10.4. The van der Waals surface area contributed by atoms with Crippen LogP contribution >= 0.6 is 15.9 Å². The minimum atomic E-state index is 0.0438. The molecule has 0 heterocycles. The molecule has 0 aliphatic rings. The largest absolute Gasteiger partial charge is 0.492 e. The zero-order valence-electron chi connectivity index (χ0n) is 8.80. The van der Waals surface area contributed by atoms with Crippen molar-refractivity contribution in [2.75, 3.05) is 6.61 Å². The Morgan fingerprint density at radius 1 is 1.50 bits per heavy atom. The van der Waals surface area contributed by atoms with Gasteiger partial charge < -0.3 is 10.5 Å². The molecule has 0 amide bonds. The smallest absolute Gasteiger partial charge is 0.136 e. The SMILES string of the molecule is CCOc1c(Br)ccc([C@@H](C)N)c1C. The highest BCUT2D eigenvalue weighted by atomic mass is 79.9. The van der Waals surface area contributed by atoms with Crippen LogP contribution in [0.3, 0.4) is 0 Å². The van der Waals surface area contributed by atoms with E-state index in [0.717, 1.165) is 21.3 Å². The van der Waals surface area contributed by atoms with Gasteiger partial charge in [0.15, 0.2) is 0 Å². The lowest BCUT2D eigenvalue weighted by molar-refractivity contribution is 0.335. The highest BCUT2D eigenvalue weighted by Crippen LogP contribution is 2.33. The van der Waals surface area contributed by atoms with Crippen molar-refractivity contribution < 1.29 is 4.74 Å². The maximum absolute atomic E-state index is 5.86. The van der Waals surface area contributed by atoms with Gasteiger partial charge in [-0.3, -0.25) is 0 Å². The van der Waals surface area contributed by atoms with E-state index < -0.39 is 0 Å². The fourth-order valence-electron chi connectivity index (χ4n) is 1.49. The van der Waals surface area contributed by atoms with Crippen molar-refractivity contribution in [1.29, 1.82) is 0 Å². The molecule has 0 unspecified atom stereocenters. The van der Waals surface area contributed by atoms with E-state index in [2.05, 4.69) is 15.9 Å². The summed E-state index contributed by atoms with van der Waals surface area (Å²) < 4.78 is 6.54. The van der Waals surface area contributed by atoms with Gasteiger partial charge in [0.25, 0.3) is 0 Å². The van der Waals surface area contributed by atoms with Crippen LogP contribution in [-0.2, 0) is 0 Å². The minimum absolute atomic E-state index is 0.0438. The standard InChI is InChI=1S/C11H16BrNO/c1-4-14-11-7(2)9(8(3)13)5-6-10(11)12/h5-6,8H,4,13H2,1-3H3/t8-/m1/s1. The predicted molar refractivity (Wildman–Crippen MR) is 62.7 cm³/mol. The van der Waals surface area contributed by atoms with Crippen LogP contribution in [0.5, 0.6) is 5.75 Å². The molecule has 0 spiro atoms. The first-order valence-electron chi connectivity index (χ1n) is 4.75. The molecule has 3 heteroatoms. The Morgan fingerprint density at radius 3 is 2.64 bits per heavy atom. The van der Waals surface area contributed by atoms with E-state index >= 15 is 0 Å². The lowest BCUT2D eigenvalue weighted by atomic mass is 10.0. The molecule has 2 N–H and O–H groups in total. The summed E-state index contributed by atoms with van der Waals surface area (Å²) in [7, 11) is 0. The molecule has 0 fully saturated rings. The van der Waals surface area contributed by atoms with Crippen molar-refractivity contribution in [3.8, 4) is 5.75 Å². The molecule has 0 radical (unpaired) electrons. The third-order valence-corrected chi connectivity index (χ3v) is 2.80. The second-order valence-electron chi connectivity index (χ2n) is 3.31. The van der Waals surface area contributed by atoms with E-state index in [4.69, 9.17) is 10.5 Å². The summed E-state index contributed by atoms with van der Waals surface area (Å²) in [6, 6.07) is 4.06. The fourth-order valence-corrected chi connectivity index (χ4v) is 2.03. The Balaban J connectivity index is 3.19. The van der Waals surface area contributed by atoms with Gasteiger partial charge in [-0.05, 0) is 53.9 Å². The van der Waals surface area contributed by atoms with Crippen LogP contribution in [0, 0.1) is 6.92 Å². The van der Waals surface area contributed by atoms with Crippen molar-refractivity contribution in [2.24, 2.45) is 5.73 Å². The Bertz CT molecular complexity index is 323. The van der Waals surface area contributed by atoms with Crippen molar-refractivity contribution in [3.63, 3.8) is 0 Å². The second-order valence-corrected chi connectivity index (χ2v) is 4.17. The summed E-state index contributed by atoms with van der Waals surface area (Å²) in [6.45, 7) is 6.66.